The average molecular weight is 448 g/mol. The Morgan fingerprint density at radius 2 is 1.29 bits per heavy atom. The third kappa shape index (κ3) is 5.18. The molecule has 0 unspecified atom stereocenters. The molecule has 1 amide bonds. The average Bonchev–Trinajstić information content (AvgIpc) is 3.37. The van der Waals surface area contributed by atoms with Crippen LogP contribution in [0.4, 0.5) is 0 Å². The van der Waals surface area contributed by atoms with Crippen LogP contribution in [-0.2, 0) is 19.7 Å². The van der Waals surface area contributed by atoms with E-state index in [2.05, 4.69) is 12.1 Å². The lowest BCUT2D eigenvalue weighted by molar-refractivity contribution is 0.0693. The van der Waals surface area contributed by atoms with Crippen LogP contribution in [0.15, 0.2) is 120 Å². The number of fused-ring (bicyclic) bond motifs is 1. The van der Waals surface area contributed by atoms with Crippen LogP contribution in [0, 0.1) is 0 Å². The molecule has 0 aliphatic carbocycles. The van der Waals surface area contributed by atoms with E-state index in [9.17, 15) is 4.79 Å². The predicted molar refractivity (Wildman–Crippen MR) is 133 cm³/mol. The SMILES string of the molecule is O=C(c1ccc(COc2ccc3ccccc3c2)o1)N(Cc1ccccc1)Cc1ccccc1. The molecule has 0 bridgehead atoms. The van der Waals surface area contributed by atoms with E-state index < -0.39 is 0 Å². The van der Waals surface area contributed by atoms with Gasteiger partial charge in [0.25, 0.3) is 5.91 Å². The lowest BCUT2D eigenvalue weighted by atomic mass is 10.1. The monoisotopic (exact) mass is 447 g/mol. The van der Waals surface area contributed by atoms with Crippen LogP contribution in [0.1, 0.15) is 27.4 Å². The summed E-state index contributed by atoms with van der Waals surface area (Å²) in [5, 5.41) is 2.28. The summed E-state index contributed by atoms with van der Waals surface area (Å²) >= 11 is 0. The zero-order valence-corrected chi connectivity index (χ0v) is 18.8. The molecule has 0 saturated carbocycles. The first-order chi connectivity index (χ1) is 16.7. The Bertz CT molecular complexity index is 1330. The molecule has 0 radical (unpaired) electrons. The zero-order valence-electron chi connectivity index (χ0n) is 18.8. The van der Waals surface area contributed by atoms with E-state index in [0.717, 1.165) is 27.6 Å². The Balaban J connectivity index is 1.30. The molecule has 4 heteroatoms. The Hall–Kier alpha value is -4.31. The summed E-state index contributed by atoms with van der Waals surface area (Å²) in [7, 11) is 0. The van der Waals surface area contributed by atoms with Crippen molar-refractivity contribution in [2.75, 3.05) is 0 Å². The maximum atomic E-state index is 13.4. The number of rotatable bonds is 8. The summed E-state index contributed by atoms with van der Waals surface area (Å²) in [6, 6.07) is 37.6. The van der Waals surface area contributed by atoms with Crippen LogP contribution in [0.25, 0.3) is 10.8 Å². The molecule has 4 nitrogen and oxygen atoms in total. The highest BCUT2D eigenvalue weighted by molar-refractivity contribution is 5.91. The fourth-order valence-corrected chi connectivity index (χ4v) is 3.95. The minimum absolute atomic E-state index is 0.148. The summed E-state index contributed by atoms with van der Waals surface area (Å²) in [6.45, 7) is 1.25. The van der Waals surface area contributed by atoms with Crippen LogP contribution >= 0.6 is 0 Å². The van der Waals surface area contributed by atoms with E-state index in [4.69, 9.17) is 9.15 Å². The van der Waals surface area contributed by atoms with Crippen molar-refractivity contribution in [3.63, 3.8) is 0 Å². The molecule has 0 fully saturated rings. The van der Waals surface area contributed by atoms with Gasteiger partial charge in [-0.25, -0.2) is 0 Å². The van der Waals surface area contributed by atoms with Gasteiger partial charge in [0.2, 0.25) is 0 Å². The van der Waals surface area contributed by atoms with Gasteiger partial charge in [-0.15, -0.1) is 0 Å². The van der Waals surface area contributed by atoms with Crippen LogP contribution in [0.5, 0.6) is 5.75 Å². The molecule has 0 atom stereocenters. The minimum atomic E-state index is -0.148. The summed E-state index contributed by atoms with van der Waals surface area (Å²) < 4.78 is 11.8. The van der Waals surface area contributed by atoms with Crippen molar-refractivity contribution in [3.05, 3.63) is 138 Å². The molecule has 1 heterocycles. The van der Waals surface area contributed by atoms with E-state index in [1.54, 1.807) is 17.0 Å². The quantitative estimate of drug-likeness (QED) is 0.261. The molecule has 1 aromatic heterocycles. The first-order valence-corrected chi connectivity index (χ1v) is 11.3. The molecule has 0 aliphatic heterocycles. The Labute approximate surface area is 199 Å². The van der Waals surface area contributed by atoms with Crippen LogP contribution in [0.3, 0.4) is 0 Å². The van der Waals surface area contributed by atoms with E-state index in [-0.39, 0.29) is 12.5 Å². The molecule has 0 aliphatic rings. The molecular formula is C30H25NO3. The number of ether oxygens (including phenoxy) is 1. The molecule has 0 saturated heterocycles. The zero-order chi connectivity index (χ0) is 23.2. The van der Waals surface area contributed by atoms with Gasteiger partial charge in [-0.2, -0.15) is 0 Å². The van der Waals surface area contributed by atoms with Gasteiger partial charge in [0.05, 0.1) is 0 Å². The van der Waals surface area contributed by atoms with Crippen LogP contribution in [0.2, 0.25) is 0 Å². The van der Waals surface area contributed by atoms with Crippen molar-refractivity contribution < 1.29 is 13.9 Å². The highest BCUT2D eigenvalue weighted by Gasteiger charge is 2.20. The maximum absolute atomic E-state index is 13.4. The Morgan fingerprint density at radius 1 is 0.676 bits per heavy atom. The van der Waals surface area contributed by atoms with Crippen molar-refractivity contribution in [2.24, 2.45) is 0 Å². The number of nitrogens with zero attached hydrogens (tertiary/aromatic N) is 1. The first kappa shape index (κ1) is 21.5. The second-order valence-electron chi connectivity index (χ2n) is 8.20. The topological polar surface area (TPSA) is 42.7 Å². The van der Waals surface area contributed by atoms with E-state index >= 15 is 0 Å². The fraction of sp³-hybridized carbons (Fsp3) is 0.100. The van der Waals surface area contributed by atoms with Gasteiger partial charge < -0.3 is 14.1 Å². The lowest BCUT2D eigenvalue weighted by Crippen LogP contribution is -2.29. The van der Waals surface area contributed by atoms with Crippen molar-refractivity contribution in [1.29, 1.82) is 0 Å². The molecule has 0 spiro atoms. The Morgan fingerprint density at radius 3 is 1.97 bits per heavy atom. The van der Waals surface area contributed by atoms with E-state index in [1.165, 1.54) is 0 Å². The van der Waals surface area contributed by atoms with Crippen molar-refractivity contribution >= 4 is 16.7 Å². The normalized spacial score (nSPS) is 10.8. The summed E-state index contributed by atoms with van der Waals surface area (Å²) in [5.74, 6) is 1.53. The number of hydrogen-bond acceptors (Lipinski definition) is 3. The Kier molecular flexibility index (Phi) is 6.39. The lowest BCUT2D eigenvalue weighted by Gasteiger charge is -2.22. The first-order valence-electron chi connectivity index (χ1n) is 11.3. The van der Waals surface area contributed by atoms with Crippen LogP contribution in [-0.4, -0.2) is 10.8 Å². The van der Waals surface area contributed by atoms with Gasteiger partial charge >= 0.3 is 0 Å². The second-order valence-corrected chi connectivity index (χ2v) is 8.20. The number of benzene rings is 4. The number of amides is 1. The van der Waals surface area contributed by atoms with Gasteiger partial charge in [-0.05, 0) is 46.2 Å². The van der Waals surface area contributed by atoms with Crippen molar-refractivity contribution in [3.8, 4) is 5.75 Å². The van der Waals surface area contributed by atoms with Gasteiger partial charge in [-0.3, -0.25) is 4.79 Å². The van der Waals surface area contributed by atoms with Gasteiger partial charge in [0.1, 0.15) is 18.1 Å². The number of furan rings is 1. The third-order valence-corrected chi connectivity index (χ3v) is 5.69. The maximum Gasteiger partial charge on any atom is 0.290 e. The van der Waals surface area contributed by atoms with Crippen molar-refractivity contribution in [2.45, 2.75) is 19.7 Å². The van der Waals surface area contributed by atoms with Crippen LogP contribution < -0.4 is 4.74 Å². The summed E-state index contributed by atoms with van der Waals surface area (Å²) in [4.78, 5) is 15.2. The number of carbonyl (C=O) groups excluding carboxylic acids is 1. The number of hydrogen-bond donors (Lipinski definition) is 0. The molecule has 0 N–H and O–H groups in total. The van der Waals surface area contributed by atoms with Gasteiger partial charge in [0.15, 0.2) is 5.76 Å². The molecule has 34 heavy (non-hydrogen) atoms. The largest absolute Gasteiger partial charge is 0.486 e. The number of carbonyl (C=O) groups is 1. The molecule has 4 aromatic carbocycles. The van der Waals surface area contributed by atoms with Crippen molar-refractivity contribution in [1.82, 2.24) is 4.90 Å². The predicted octanol–water partition coefficient (Wildman–Crippen LogP) is 6.85. The summed E-state index contributed by atoms with van der Waals surface area (Å²) in [6.07, 6.45) is 0. The standard InChI is InChI=1S/C30H25NO3/c32-30(31(20-23-9-3-1-4-10-23)21-24-11-5-2-6-12-24)29-18-17-28(34-29)22-33-27-16-15-25-13-7-8-14-26(25)19-27/h1-19H,20-22H2. The van der Waals surface area contributed by atoms with Gasteiger partial charge in [0, 0.05) is 13.1 Å². The second kappa shape index (κ2) is 10.1. The fourth-order valence-electron chi connectivity index (χ4n) is 3.95. The van der Waals surface area contributed by atoms with E-state index in [0.29, 0.717) is 24.6 Å². The highest BCUT2D eigenvalue weighted by Crippen LogP contribution is 2.22. The summed E-state index contributed by atoms with van der Waals surface area (Å²) in [5.41, 5.74) is 2.14. The molecule has 5 rings (SSSR count). The smallest absolute Gasteiger partial charge is 0.290 e. The molecular weight excluding hydrogens is 422 g/mol. The minimum Gasteiger partial charge on any atom is -0.486 e. The van der Waals surface area contributed by atoms with Gasteiger partial charge in [-0.1, -0.05) is 91.0 Å². The third-order valence-electron chi connectivity index (χ3n) is 5.69. The molecule has 168 valence electrons. The van der Waals surface area contributed by atoms with E-state index in [1.807, 2.05) is 91.0 Å². The molecule has 5 aromatic rings. The highest BCUT2D eigenvalue weighted by atomic mass is 16.5.